The van der Waals surface area contributed by atoms with Gasteiger partial charge in [0.15, 0.2) is 6.61 Å². The highest BCUT2D eigenvalue weighted by Gasteiger charge is 2.14. The number of ether oxygens (including phenoxy) is 1. The lowest BCUT2D eigenvalue weighted by atomic mass is 10.2. The monoisotopic (exact) mass is 418 g/mol. The molecular weight excluding hydrogens is 407 g/mol. The number of carbonyl (C=O) groups is 1. The van der Waals surface area contributed by atoms with E-state index in [1.807, 2.05) is 35.7 Å². The average Bonchev–Trinajstić information content (AvgIpc) is 3.21. The van der Waals surface area contributed by atoms with Crippen LogP contribution in [0.5, 0.6) is 5.75 Å². The number of benzene rings is 2. The maximum atomic E-state index is 12.1. The Labute approximate surface area is 168 Å². The van der Waals surface area contributed by atoms with Gasteiger partial charge in [0, 0.05) is 16.0 Å². The number of carbonyl (C=O) groups excluding carboxylic acids is 1. The van der Waals surface area contributed by atoms with Crippen molar-refractivity contribution in [2.24, 2.45) is 0 Å². The van der Waals surface area contributed by atoms with Crippen molar-refractivity contribution in [2.45, 2.75) is 0 Å². The Kier molecular flexibility index (Phi) is 4.98. The number of aromatic nitrogens is 3. The van der Waals surface area contributed by atoms with Gasteiger partial charge in [0.1, 0.15) is 5.75 Å². The molecule has 0 saturated heterocycles. The third-order valence-electron chi connectivity index (χ3n) is 3.66. The number of hydrogen-bond donors (Lipinski definition) is 1. The van der Waals surface area contributed by atoms with E-state index in [1.165, 1.54) is 11.3 Å². The van der Waals surface area contributed by atoms with E-state index in [0.717, 1.165) is 11.3 Å². The van der Waals surface area contributed by atoms with Crippen LogP contribution in [-0.4, -0.2) is 27.1 Å². The Hall–Kier alpha value is -2.61. The van der Waals surface area contributed by atoms with E-state index in [4.69, 9.17) is 27.9 Å². The molecule has 9 heteroatoms. The number of hydrogen-bond acceptors (Lipinski definition) is 5. The van der Waals surface area contributed by atoms with Gasteiger partial charge >= 0.3 is 0 Å². The molecule has 0 aliphatic rings. The number of halogens is 2. The van der Waals surface area contributed by atoms with Crippen LogP contribution in [0.1, 0.15) is 0 Å². The van der Waals surface area contributed by atoms with Crippen molar-refractivity contribution in [3.63, 3.8) is 0 Å². The molecule has 0 saturated carbocycles. The van der Waals surface area contributed by atoms with Crippen molar-refractivity contribution in [1.82, 2.24) is 14.6 Å². The lowest BCUT2D eigenvalue weighted by Gasteiger charge is -2.07. The minimum Gasteiger partial charge on any atom is -0.482 e. The second-order valence-electron chi connectivity index (χ2n) is 5.53. The van der Waals surface area contributed by atoms with Gasteiger partial charge in [-0.3, -0.25) is 10.1 Å². The Bertz CT molecular complexity index is 1110. The number of fused-ring (bicyclic) bond motifs is 1. The molecule has 27 heavy (non-hydrogen) atoms. The van der Waals surface area contributed by atoms with Crippen LogP contribution in [-0.2, 0) is 4.79 Å². The van der Waals surface area contributed by atoms with Gasteiger partial charge in [-0.1, -0.05) is 53.5 Å². The first-order chi connectivity index (χ1) is 13.1. The molecule has 0 bridgehead atoms. The standard InChI is InChI=1S/C18H12Cl2N4O2S/c19-12-6-7-15(13(20)8-12)26-9-16(25)21-17-22-18-24(23-17)14(10-27-18)11-4-2-1-3-5-11/h1-8,10H,9H2,(H,21,23,25). The van der Waals surface area contributed by atoms with Crippen LogP contribution in [0.3, 0.4) is 0 Å². The molecule has 1 amide bonds. The maximum absolute atomic E-state index is 12.1. The lowest BCUT2D eigenvalue weighted by Crippen LogP contribution is -2.21. The summed E-state index contributed by atoms with van der Waals surface area (Å²) in [5.74, 6) is 0.205. The molecule has 0 atom stereocenters. The molecule has 6 nitrogen and oxygen atoms in total. The topological polar surface area (TPSA) is 68.5 Å². The number of thiazole rings is 1. The first-order valence-electron chi connectivity index (χ1n) is 7.87. The van der Waals surface area contributed by atoms with Gasteiger partial charge in [-0.05, 0) is 18.2 Å². The molecule has 0 fully saturated rings. The van der Waals surface area contributed by atoms with Crippen molar-refractivity contribution >= 4 is 51.4 Å². The predicted molar refractivity (Wildman–Crippen MR) is 107 cm³/mol. The normalized spacial score (nSPS) is 10.9. The summed E-state index contributed by atoms with van der Waals surface area (Å²) in [7, 11) is 0. The van der Waals surface area contributed by atoms with E-state index in [1.54, 1.807) is 22.7 Å². The zero-order chi connectivity index (χ0) is 18.8. The maximum Gasteiger partial charge on any atom is 0.264 e. The van der Waals surface area contributed by atoms with Gasteiger partial charge < -0.3 is 4.74 Å². The summed E-state index contributed by atoms with van der Waals surface area (Å²) < 4.78 is 7.11. The molecule has 1 N–H and O–H groups in total. The minimum absolute atomic E-state index is 0.217. The summed E-state index contributed by atoms with van der Waals surface area (Å²) in [5.41, 5.74) is 1.93. The number of anilines is 1. The van der Waals surface area contributed by atoms with E-state index in [2.05, 4.69) is 15.4 Å². The summed E-state index contributed by atoms with van der Waals surface area (Å²) in [4.78, 5) is 17.1. The molecule has 0 unspecified atom stereocenters. The van der Waals surface area contributed by atoms with Gasteiger partial charge in [-0.2, -0.15) is 4.98 Å². The fraction of sp³-hybridized carbons (Fsp3) is 0.0556. The highest BCUT2D eigenvalue weighted by atomic mass is 35.5. The largest absolute Gasteiger partial charge is 0.482 e. The number of nitrogens with zero attached hydrogens (tertiary/aromatic N) is 3. The third kappa shape index (κ3) is 3.90. The molecule has 2 aromatic heterocycles. The highest BCUT2D eigenvalue weighted by Crippen LogP contribution is 2.28. The van der Waals surface area contributed by atoms with Gasteiger partial charge in [-0.25, -0.2) is 4.52 Å². The van der Waals surface area contributed by atoms with Crippen molar-refractivity contribution in [3.05, 3.63) is 64.0 Å². The molecule has 4 aromatic rings. The quantitative estimate of drug-likeness (QED) is 0.506. The average molecular weight is 419 g/mol. The van der Waals surface area contributed by atoms with Gasteiger partial charge in [0.2, 0.25) is 4.96 Å². The van der Waals surface area contributed by atoms with Gasteiger partial charge in [-0.15, -0.1) is 16.4 Å². The molecule has 136 valence electrons. The second kappa shape index (κ2) is 7.56. The molecule has 0 aliphatic heterocycles. The van der Waals surface area contributed by atoms with Crippen molar-refractivity contribution < 1.29 is 9.53 Å². The predicted octanol–water partition coefficient (Wildman–Crippen LogP) is 4.78. The minimum atomic E-state index is -0.388. The highest BCUT2D eigenvalue weighted by molar-refractivity contribution is 7.15. The fourth-order valence-corrected chi connectivity index (χ4v) is 3.73. The van der Waals surface area contributed by atoms with Crippen molar-refractivity contribution in [2.75, 3.05) is 11.9 Å². The third-order valence-corrected chi connectivity index (χ3v) is 5.00. The van der Waals surface area contributed by atoms with Crippen LogP contribution in [0.2, 0.25) is 10.0 Å². The Morgan fingerprint density at radius 3 is 2.78 bits per heavy atom. The van der Waals surface area contributed by atoms with E-state index in [-0.39, 0.29) is 18.5 Å². The zero-order valence-electron chi connectivity index (χ0n) is 13.7. The van der Waals surface area contributed by atoms with Crippen LogP contribution in [0.25, 0.3) is 16.2 Å². The Morgan fingerprint density at radius 2 is 2.00 bits per heavy atom. The number of amides is 1. The molecular formula is C18H12Cl2N4O2S. The van der Waals surface area contributed by atoms with Gasteiger partial charge in [0.25, 0.3) is 11.9 Å². The molecule has 4 rings (SSSR count). The van der Waals surface area contributed by atoms with Crippen LogP contribution >= 0.6 is 34.5 Å². The van der Waals surface area contributed by atoms with Crippen molar-refractivity contribution in [3.8, 4) is 17.0 Å². The molecule has 0 radical (unpaired) electrons. The Balaban J connectivity index is 1.45. The van der Waals surface area contributed by atoms with Crippen LogP contribution < -0.4 is 10.1 Å². The number of rotatable bonds is 5. The van der Waals surface area contributed by atoms with E-state index in [0.29, 0.717) is 20.8 Å². The summed E-state index contributed by atoms with van der Waals surface area (Å²) in [6.45, 7) is -0.222. The van der Waals surface area contributed by atoms with Crippen molar-refractivity contribution in [1.29, 1.82) is 0 Å². The summed E-state index contributed by atoms with van der Waals surface area (Å²) in [5, 5.41) is 9.79. The molecule has 2 aromatic carbocycles. The molecule has 0 spiro atoms. The van der Waals surface area contributed by atoms with Crippen LogP contribution in [0, 0.1) is 0 Å². The summed E-state index contributed by atoms with van der Waals surface area (Å²) in [6, 6.07) is 14.6. The van der Waals surface area contributed by atoms with E-state index < -0.39 is 0 Å². The number of nitrogens with one attached hydrogen (secondary N) is 1. The van der Waals surface area contributed by atoms with Gasteiger partial charge in [0.05, 0.1) is 10.7 Å². The van der Waals surface area contributed by atoms with E-state index >= 15 is 0 Å². The smallest absolute Gasteiger partial charge is 0.264 e. The fourth-order valence-electron chi connectivity index (χ4n) is 2.44. The zero-order valence-corrected chi connectivity index (χ0v) is 16.1. The first kappa shape index (κ1) is 17.8. The second-order valence-corrected chi connectivity index (χ2v) is 7.21. The molecule has 2 heterocycles. The van der Waals surface area contributed by atoms with Crippen LogP contribution in [0.4, 0.5) is 5.95 Å². The lowest BCUT2D eigenvalue weighted by molar-refractivity contribution is -0.118. The van der Waals surface area contributed by atoms with E-state index in [9.17, 15) is 4.79 Å². The first-order valence-corrected chi connectivity index (χ1v) is 9.51. The Morgan fingerprint density at radius 1 is 1.19 bits per heavy atom. The summed E-state index contributed by atoms with van der Waals surface area (Å²) >= 11 is 13.3. The molecule has 0 aliphatic carbocycles. The SMILES string of the molecule is O=C(COc1ccc(Cl)cc1Cl)Nc1nc2scc(-c3ccccc3)n2n1. The van der Waals surface area contributed by atoms with Crippen LogP contribution in [0.15, 0.2) is 53.9 Å². The summed E-state index contributed by atoms with van der Waals surface area (Å²) in [6.07, 6.45) is 0.